The van der Waals surface area contributed by atoms with Gasteiger partial charge in [-0.25, -0.2) is 0 Å². The van der Waals surface area contributed by atoms with E-state index in [0.717, 1.165) is 61.0 Å². The summed E-state index contributed by atoms with van der Waals surface area (Å²) in [4.78, 5) is 15.3. The zero-order valence-corrected chi connectivity index (χ0v) is 31.2. The molecule has 0 aliphatic rings. The van der Waals surface area contributed by atoms with E-state index >= 15 is 0 Å². The van der Waals surface area contributed by atoms with Gasteiger partial charge in [0.15, 0.2) is 0 Å². The Kier molecular flexibility index (Phi) is 8.81. The Morgan fingerprint density at radius 2 is 1.25 bits per heavy atom. The summed E-state index contributed by atoms with van der Waals surface area (Å²) in [6.45, 7) is 17.9. The summed E-state index contributed by atoms with van der Waals surface area (Å²) in [5.74, 6) is 0. The van der Waals surface area contributed by atoms with E-state index in [4.69, 9.17) is 15.0 Å². The van der Waals surface area contributed by atoms with Crippen LogP contribution in [-0.2, 0) is 31.9 Å². The fourth-order valence-electron chi connectivity index (χ4n) is 6.73. The molecule has 0 saturated heterocycles. The van der Waals surface area contributed by atoms with Crippen LogP contribution in [-0.4, -0.2) is 9.97 Å². The standard InChI is InChI=1S/C44H41N3.Pt/c1-27-14-11-15-28(2)39(27)31-23-29(22-30(24-31)38-20-9-10-21-45-38)33-16-12-17-34-35-18-13-19-36(41(35)47-40(33)34)42-37(44(6,7)8)25-32(26-46-42)43(3,4)5;/h9-21,23-26H,1-8H3;/q-2;+2. The van der Waals surface area contributed by atoms with Gasteiger partial charge in [0.25, 0.3) is 0 Å². The molecule has 7 rings (SSSR count). The third-order valence-corrected chi connectivity index (χ3v) is 9.27. The number of hydrogen-bond acceptors (Lipinski definition) is 2. The van der Waals surface area contributed by atoms with Crippen molar-refractivity contribution in [1.29, 1.82) is 0 Å². The summed E-state index contributed by atoms with van der Waals surface area (Å²) in [5, 5.41) is 2.27. The molecule has 48 heavy (non-hydrogen) atoms. The summed E-state index contributed by atoms with van der Waals surface area (Å²) in [6, 6.07) is 36.1. The maximum Gasteiger partial charge on any atom is 2.00 e. The van der Waals surface area contributed by atoms with Gasteiger partial charge >= 0.3 is 21.1 Å². The molecule has 0 fully saturated rings. The molecule has 0 aliphatic carbocycles. The van der Waals surface area contributed by atoms with Gasteiger partial charge in [-0.1, -0.05) is 131 Å². The Balaban J connectivity index is 0.00000401. The molecule has 242 valence electrons. The SMILES string of the molecule is Cc1cccc(C)c1-c1cc(-c2ccccn2)[c-]c(-c2cccc3c2[n-]c2c(-c4ncc(C(C)(C)C)cc4C(C)(C)C)cccc23)c1.[Pt+2]. The number of aryl methyl sites for hydroxylation is 2. The number of fused-ring (bicyclic) bond motifs is 3. The molecule has 4 heteroatoms. The molecule has 3 aromatic heterocycles. The first-order valence-corrected chi connectivity index (χ1v) is 16.5. The van der Waals surface area contributed by atoms with Crippen LogP contribution < -0.4 is 4.98 Å². The number of benzene rings is 4. The summed E-state index contributed by atoms with van der Waals surface area (Å²) in [7, 11) is 0. The van der Waals surface area contributed by atoms with E-state index in [1.165, 1.54) is 27.8 Å². The Hall–Kier alpha value is -4.33. The van der Waals surface area contributed by atoms with E-state index in [2.05, 4.69) is 140 Å². The number of rotatable bonds is 4. The van der Waals surface area contributed by atoms with Gasteiger partial charge in [-0.15, -0.1) is 29.3 Å². The van der Waals surface area contributed by atoms with Gasteiger partial charge < -0.3 is 4.98 Å². The van der Waals surface area contributed by atoms with Crippen molar-refractivity contribution in [2.75, 3.05) is 0 Å². The van der Waals surface area contributed by atoms with Crippen molar-refractivity contribution in [2.24, 2.45) is 0 Å². The Bertz CT molecular complexity index is 2260. The molecule has 0 N–H and O–H groups in total. The molecule has 0 spiro atoms. The maximum absolute atomic E-state index is 5.43. The molecule has 4 aromatic carbocycles. The van der Waals surface area contributed by atoms with Crippen LogP contribution in [0, 0.1) is 19.9 Å². The van der Waals surface area contributed by atoms with E-state index in [0.29, 0.717) is 0 Å². The molecule has 0 amide bonds. The van der Waals surface area contributed by atoms with E-state index < -0.39 is 0 Å². The van der Waals surface area contributed by atoms with Crippen LogP contribution in [0.4, 0.5) is 0 Å². The van der Waals surface area contributed by atoms with Crippen molar-refractivity contribution < 1.29 is 21.1 Å². The van der Waals surface area contributed by atoms with Gasteiger partial charge in [0.1, 0.15) is 0 Å². The van der Waals surface area contributed by atoms with Crippen LogP contribution in [0.1, 0.15) is 63.8 Å². The average molecular weight is 807 g/mol. The van der Waals surface area contributed by atoms with E-state index in [1.54, 1.807) is 0 Å². The first-order chi connectivity index (χ1) is 22.4. The quantitative estimate of drug-likeness (QED) is 0.166. The molecule has 0 radical (unpaired) electrons. The fraction of sp³-hybridized carbons (Fsp3) is 0.227. The molecule has 0 bridgehead atoms. The maximum atomic E-state index is 5.43. The number of aromatic nitrogens is 3. The Morgan fingerprint density at radius 3 is 1.88 bits per heavy atom. The van der Waals surface area contributed by atoms with Crippen molar-refractivity contribution in [2.45, 2.75) is 66.2 Å². The molecule has 0 aliphatic heterocycles. The molecule has 3 nitrogen and oxygen atoms in total. The van der Waals surface area contributed by atoms with Crippen molar-refractivity contribution in [3.63, 3.8) is 0 Å². The first kappa shape index (κ1) is 33.6. The van der Waals surface area contributed by atoms with Crippen molar-refractivity contribution in [3.05, 3.63) is 132 Å². The summed E-state index contributed by atoms with van der Waals surface area (Å²) >= 11 is 0. The predicted octanol–water partition coefficient (Wildman–Crippen LogP) is 11.4. The van der Waals surface area contributed by atoms with Gasteiger partial charge in [0, 0.05) is 18.1 Å². The summed E-state index contributed by atoms with van der Waals surface area (Å²) in [5.41, 5.74) is 15.2. The van der Waals surface area contributed by atoms with E-state index in [-0.39, 0.29) is 31.9 Å². The topological polar surface area (TPSA) is 39.9 Å². The van der Waals surface area contributed by atoms with Gasteiger partial charge in [0.2, 0.25) is 0 Å². The number of pyridine rings is 2. The molecular formula is C44H41N3Pt. The van der Waals surface area contributed by atoms with Crippen molar-refractivity contribution >= 4 is 21.8 Å². The largest absolute Gasteiger partial charge is 2.00 e. The molecule has 0 saturated carbocycles. The van der Waals surface area contributed by atoms with E-state index in [1.807, 2.05) is 24.5 Å². The second kappa shape index (κ2) is 12.6. The normalized spacial score (nSPS) is 12.0. The fourth-order valence-corrected chi connectivity index (χ4v) is 6.73. The minimum atomic E-state index is -0.0894. The molecule has 7 aromatic rings. The molecule has 0 atom stereocenters. The van der Waals surface area contributed by atoms with Gasteiger partial charge in [0.05, 0.1) is 5.69 Å². The second-order valence-corrected chi connectivity index (χ2v) is 14.8. The molecule has 3 heterocycles. The van der Waals surface area contributed by atoms with Crippen LogP contribution in [0.25, 0.3) is 66.6 Å². The summed E-state index contributed by atoms with van der Waals surface area (Å²) in [6.07, 6.45) is 3.89. The van der Waals surface area contributed by atoms with Crippen LogP contribution >= 0.6 is 0 Å². The van der Waals surface area contributed by atoms with E-state index in [9.17, 15) is 0 Å². The van der Waals surface area contributed by atoms with Crippen LogP contribution in [0.5, 0.6) is 0 Å². The first-order valence-electron chi connectivity index (χ1n) is 16.5. The van der Waals surface area contributed by atoms with Crippen molar-refractivity contribution in [3.8, 4) is 44.8 Å². The van der Waals surface area contributed by atoms with Crippen LogP contribution in [0.15, 0.2) is 103 Å². The Morgan fingerprint density at radius 1 is 0.625 bits per heavy atom. The van der Waals surface area contributed by atoms with Gasteiger partial charge in [-0.2, -0.15) is 5.52 Å². The molecule has 0 unspecified atom stereocenters. The Labute approximate surface area is 299 Å². The number of nitrogens with zero attached hydrogens (tertiary/aromatic N) is 3. The monoisotopic (exact) mass is 806 g/mol. The van der Waals surface area contributed by atoms with Gasteiger partial charge in [-0.3, -0.25) is 9.97 Å². The number of para-hydroxylation sites is 2. The average Bonchev–Trinajstić information content (AvgIpc) is 3.43. The summed E-state index contributed by atoms with van der Waals surface area (Å²) < 4.78 is 0. The second-order valence-electron chi connectivity index (χ2n) is 14.8. The van der Waals surface area contributed by atoms with Gasteiger partial charge in [-0.05, 0) is 74.9 Å². The minimum Gasteiger partial charge on any atom is -0.662 e. The zero-order chi connectivity index (χ0) is 33.1. The third kappa shape index (κ3) is 6.06. The van der Waals surface area contributed by atoms with Crippen LogP contribution in [0.3, 0.4) is 0 Å². The predicted molar refractivity (Wildman–Crippen MR) is 198 cm³/mol. The minimum absolute atomic E-state index is 0. The third-order valence-electron chi connectivity index (χ3n) is 9.27. The van der Waals surface area contributed by atoms with Crippen molar-refractivity contribution in [1.82, 2.24) is 15.0 Å². The molecular weight excluding hydrogens is 766 g/mol. The zero-order valence-electron chi connectivity index (χ0n) is 29.0. The van der Waals surface area contributed by atoms with Crippen LogP contribution in [0.2, 0.25) is 0 Å². The smallest absolute Gasteiger partial charge is 0.662 e. The number of hydrogen-bond donors (Lipinski definition) is 0.